The summed E-state index contributed by atoms with van der Waals surface area (Å²) in [7, 11) is 0. The maximum absolute atomic E-state index is 5.93. The highest BCUT2D eigenvalue weighted by molar-refractivity contribution is 4.87. The molecule has 2 atom stereocenters. The van der Waals surface area contributed by atoms with Gasteiger partial charge in [0.25, 0.3) is 0 Å². The van der Waals surface area contributed by atoms with Crippen LogP contribution in [0.1, 0.15) is 58.3 Å². The Labute approximate surface area is 119 Å². The van der Waals surface area contributed by atoms with E-state index in [1.54, 1.807) is 0 Å². The lowest BCUT2D eigenvalue weighted by Crippen LogP contribution is -2.52. The van der Waals surface area contributed by atoms with E-state index < -0.39 is 0 Å². The Morgan fingerprint density at radius 2 is 2.00 bits per heavy atom. The Bertz CT molecular complexity index is 233. The molecule has 1 aliphatic carbocycles. The van der Waals surface area contributed by atoms with Crippen LogP contribution in [0.25, 0.3) is 0 Å². The van der Waals surface area contributed by atoms with E-state index in [1.807, 2.05) is 0 Å². The number of hydrogen-bond donors (Lipinski definition) is 1. The Morgan fingerprint density at radius 3 is 2.89 bits per heavy atom. The van der Waals surface area contributed by atoms with Crippen LogP contribution in [0.2, 0.25) is 0 Å². The Kier molecular flexibility index (Phi) is 7.18. The van der Waals surface area contributed by atoms with Crippen LogP contribution in [0.5, 0.6) is 0 Å². The van der Waals surface area contributed by atoms with Crippen LogP contribution in [-0.4, -0.2) is 49.8 Å². The molecule has 1 saturated heterocycles. The second-order valence-corrected chi connectivity index (χ2v) is 6.11. The fourth-order valence-electron chi connectivity index (χ4n) is 3.50. The molecule has 112 valence electrons. The number of morpholine rings is 1. The van der Waals surface area contributed by atoms with Crippen molar-refractivity contribution >= 4 is 0 Å². The van der Waals surface area contributed by atoms with Crippen LogP contribution < -0.4 is 5.32 Å². The predicted molar refractivity (Wildman–Crippen MR) is 80.6 cm³/mol. The standard InChI is InChI=1S/C16H32N2O/c1-2-10-17-11-6-3-7-12-18-13-14-19-16-9-5-4-8-15(16)18/h15-17H,2-14H2,1H3. The summed E-state index contributed by atoms with van der Waals surface area (Å²) in [5.74, 6) is 0. The second-order valence-electron chi connectivity index (χ2n) is 6.11. The van der Waals surface area contributed by atoms with E-state index in [4.69, 9.17) is 4.74 Å². The quantitative estimate of drug-likeness (QED) is 0.685. The first-order valence-corrected chi connectivity index (χ1v) is 8.48. The molecule has 2 unspecified atom stereocenters. The summed E-state index contributed by atoms with van der Waals surface area (Å²) in [5, 5.41) is 3.49. The van der Waals surface area contributed by atoms with Crippen molar-refractivity contribution < 1.29 is 4.74 Å². The minimum atomic E-state index is 0.550. The van der Waals surface area contributed by atoms with Gasteiger partial charge in [0.05, 0.1) is 12.7 Å². The normalized spacial score (nSPS) is 28.3. The second kappa shape index (κ2) is 8.93. The lowest BCUT2D eigenvalue weighted by atomic mass is 9.90. The largest absolute Gasteiger partial charge is 0.375 e. The molecule has 2 fully saturated rings. The number of unbranched alkanes of at least 4 members (excludes halogenated alkanes) is 2. The summed E-state index contributed by atoms with van der Waals surface area (Å²) in [4.78, 5) is 2.72. The van der Waals surface area contributed by atoms with Crippen molar-refractivity contribution in [3.8, 4) is 0 Å². The van der Waals surface area contributed by atoms with Crippen molar-refractivity contribution in [3.63, 3.8) is 0 Å². The van der Waals surface area contributed by atoms with E-state index in [1.165, 1.54) is 71.0 Å². The number of nitrogens with zero attached hydrogens (tertiary/aromatic N) is 1. The average molecular weight is 268 g/mol. The first-order chi connectivity index (χ1) is 9.42. The van der Waals surface area contributed by atoms with Crippen molar-refractivity contribution in [1.82, 2.24) is 10.2 Å². The first-order valence-electron chi connectivity index (χ1n) is 8.48. The third kappa shape index (κ3) is 5.05. The molecule has 19 heavy (non-hydrogen) atoms. The molecule has 0 bridgehead atoms. The number of ether oxygens (including phenoxy) is 1. The summed E-state index contributed by atoms with van der Waals surface area (Å²) in [5.41, 5.74) is 0. The van der Waals surface area contributed by atoms with E-state index in [0.717, 1.165) is 19.2 Å². The Morgan fingerprint density at radius 1 is 1.11 bits per heavy atom. The van der Waals surface area contributed by atoms with E-state index in [0.29, 0.717) is 6.10 Å². The van der Waals surface area contributed by atoms with Crippen LogP contribution in [0.3, 0.4) is 0 Å². The topological polar surface area (TPSA) is 24.5 Å². The molecule has 1 N–H and O–H groups in total. The number of fused-ring (bicyclic) bond motifs is 1. The molecule has 0 aromatic carbocycles. The molecule has 3 heteroatoms. The summed E-state index contributed by atoms with van der Waals surface area (Å²) in [6.45, 7) is 8.01. The van der Waals surface area contributed by atoms with E-state index in [2.05, 4.69) is 17.1 Å². The summed E-state index contributed by atoms with van der Waals surface area (Å²) >= 11 is 0. The predicted octanol–water partition coefficient (Wildman–Crippen LogP) is 2.80. The fourth-order valence-corrected chi connectivity index (χ4v) is 3.50. The van der Waals surface area contributed by atoms with Gasteiger partial charge in [-0.25, -0.2) is 0 Å². The van der Waals surface area contributed by atoms with Gasteiger partial charge in [-0.15, -0.1) is 0 Å². The Hall–Kier alpha value is -0.120. The molecular weight excluding hydrogens is 236 g/mol. The molecule has 0 aromatic rings. The van der Waals surface area contributed by atoms with Gasteiger partial charge in [-0.2, -0.15) is 0 Å². The number of nitrogens with one attached hydrogen (secondary N) is 1. The van der Waals surface area contributed by atoms with Crippen LogP contribution in [0.15, 0.2) is 0 Å². The zero-order valence-corrected chi connectivity index (χ0v) is 12.7. The molecule has 2 rings (SSSR count). The molecule has 1 aliphatic heterocycles. The average Bonchev–Trinajstić information content (AvgIpc) is 2.46. The van der Waals surface area contributed by atoms with Gasteiger partial charge in [0.1, 0.15) is 0 Å². The van der Waals surface area contributed by atoms with Gasteiger partial charge in [0, 0.05) is 12.6 Å². The van der Waals surface area contributed by atoms with E-state index in [9.17, 15) is 0 Å². The van der Waals surface area contributed by atoms with Crippen LogP contribution >= 0.6 is 0 Å². The highest BCUT2D eigenvalue weighted by atomic mass is 16.5. The van der Waals surface area contributed by atoms with Crippen molar-refractivity contribution in [2.24, 2.45) is 0 Å². The van der Waals surface area contributed by atoms with Gasteiger partial charge in [-0.3, -0.25) is 4.90 Å². The van der Waals surface area contributed by atoms with Crippen molar-refractivity contribution in [3.05, 3.63) is 0 Å². The third-order valence-electron chi connectivity index (χ3n) is 4.57. The monoisotopic (exact) mass is 268 g/mol. The highest BCUT2D eigenvalue weighted by Gasteiger charge is 2.33. The lowest BCUT2D eigenvalue weighted by molar-refractivity contribution is -0.0882. The van der Waals surface area contributed by atoms with Crippen LogP contribution in [0.4, 0.5) is 0 Å². The molecule has 0 spiro atoms. The van der Waals surface area contributed by atoms with Gasteiger partial charge in [0.15, 0.2) is 0 Å². The molecule has 3 nitrogen and oxygen atoms in total. The number of hydrogen-bond acceptors (Lipinski definition) is 3. The minimum Gasteiger partial charge on any atom is -0.375 e. The molecule has 1 saturated carbocycles. The third-order valence-corrected chi connectivity index (χ3v) is 4.57. The maximum Gasteiger partial charge on any atom is 0.0730 e. The van der Waals surface area contributed by atoms with Crippen molar-refractivity contribution in [2.75, 3.05) is 32.8 Å². The molecule has 0 aromatic heterocycles. The zero-order valence-electron chi connectivity index (χ0n) is 12.7. The van der Waals surface area contributed by atoms with Gasteiger partial charge >= 0.3 is 0 Å². The van der Waals surface area contributed by atoms with Gasteiger partial charge in [-0.1, -0.05) is 26.2 Å². The lowest BCUT2D eigenvalue weighted by Gasteiger charge is -2.43. The van der Waals surface area contributed by atoms with Crippen LogP contribution in [0, 0.1) is 0 Å². The maximum atomic E-state index is 5.93. The summed E-state index contributed by atoms with van der Waals surface area (Å²) in [6.07, 6.45) is 11.3. The van der Waals surface area contributed by atoms with Gasteiger partial charge < -0.3 is 10.1 Å². The van der Waals surface area contributed by atoms with Crippen molar-refractivity contribution in [1.29, 1.82) is 0 Å². The van der Waals surface area contributed by atoms with Gasteiger partial charge in [-0.05, 0) is 51.7 Å². The SMILES string of the molecule is CCCNCCCCCN1CCOC2CCCCC21. The Balaban J connectivity index is 1.56. The smallest absolute Gasteiger partial charge is 0.0730 e. The molecule has 2 aliphatic rings. The molecule has 1 heterocycles. The molecule has 0 amide bonds. The van der Waals surface area contributed by atoms with Crippen molar-refractivity contribution in [2.45, 2.75) is 70.4 Å². The van der Waals surface area contributed by atoms with Gasteiger partial charge in [0.2, 0.25) is 0 Å². The summed E-state index contributed by atoms with van der Waals surface area (Å²) < 4.78 is 5.93. The number of rotatable bonds is 8. The van der Waals surface area contributed by atoms with E-state index in [-0.39, 0.29) is 0 Å². The summed E-state index contributed by atoms with van der Waals surface area (Å²) in [6, 6.07) is 0.737. The molecular formula is C16H32N2O. The van der Waals surface area contributed by atoms with E-state index >= 15 is 0 Å². The fraction of sp³-hybridized carbons (Fsp3) is 1.00. The zero-order chi connectivity index (χ0) is 13.3. The first kappa shape index (κ1) is 15.3. The molecule has 0 radical (unpaired) electrons. The minimum absolute atomic E-state index is 0.550. The van der Waals surface area contributed by atoms with Crippen LogP contribution in [-0.2, 0) is 4.74 Å². The highest BCUT2D eigenvalue weighted by Crippen LogP contribution is 2.28.